The Labute approximate surface area is 93.8 Å². The lowest BCUT2D eigenvalue weighted by atomic mass is 10.2. The highest BCUT2D eigenvalue weighted by Gasteiger charge is 2.18. The highest BCUT2D eigenvalue weighted by atomic mass is 16.7. The Kier molecular flexibility index (Phi) is 2.38. The third kappa shape index (κ3) is 1.60. The Bertz CT molecular complexity index is 501. The van der Waals surface area contributed by atoms with Gasteiger partial charge in [0.05, 0.1) is 30.6 Å². The maximum absolute atomic E-state index is 5.53. The molecule has 0 saturated carbocycles. The summed E-state index contributed by atoms with van der Waals surface area (Å²) in [6.45, 7) is 1.50. The van der Waals surface area contributed by atoms with Crippen molar-refractivity contribution < 1.29 is 9.47 Å². The molecule has 0 atom stereocenters. The first-order valence-corrected chi connectivity index (χ1v) is 5.49. The van der Waals surface area contributed by atoms with Crippen molar-refractivity contribution >= 4 is 10.9 Å². The van der Waals surface area contributed by atoms with Gasteiger partial charge in [0, 0.05) is 18.6 Å². The number of pyridine rings is 1. The van der Waals surface area contributed by atoms with Crippen LogP contribution < -0.4 is 0 Å². The number of rotatable bonds is 1. The highest BCUT2D eigenvalue weighted by Crippen LogP contribution is 2.24. The van der Waals surface area contributed by atoms with Gasteiger partial charge in [0.25, 0.3) is 0 Å². The zero-order valence-electron chi connectivity index (χ0n) is 9.22. The number of fused-ring (bicyclic) bond motifs is 1. The standard InChI is InChI=1S/C12H14N2O2/c1-14-4-3-9-7-10(13-8-11(9)14)12-15-5-2-6-16-12/h3-4,7-8,12H,2,5-6H2,1H3. The summed E-state index contributed by atoms with van der Waals surface area (Å²) in [7, 11) is 2.01. The highest BCUT2D eigenvalue weighted by molar-refractivity contribution is 5.79. The summed E-state index contributed by atoms with van der Waals surface area (Å²) in [4.78, 5) is 4.39. The molecule has 1 fully saturated rings. The van der Waals surface area contributed by atoms with Crippen LogP contribution >= 0.6 is 0 Å². The molecule has 1 aliphatic rings. The van der Waals surface area contributed by atoms with Crippen molar-refractivity contribution in [3.05, 3.63) is 30.2 Å². The lowest BCUT2D eigenvalue weighted by molar-refractivity contribution is -0.185. The summed E-state index contributed by atoms with van der Waals surface area (Å²) >= 11 is 0. The second kappa shape index (κ2) is 3.88. The van der Waals surface area contributed by atoms with Gasteiger partial charge in [-0.1, -0.05) is 0 Å². The number of hydrogen-bond donors (Lipinski definition) is 0. The lowest BCUT2D eigenvalue weighted by Crippen LogP contribution is -2.18. The molecule has 16 heavy (non-hydrogen) atoms. The fourth-order valence-electron chi connectivity index (χ4n) is 1.97. The van der Waals surface area contributed by atoms with Crippen LogP contribution in [0.25, 0.3) is 10.9 Å². The summed E-state index contributed by atoms with van der Waals surface area (Å²) < 4.78 is 13.1. The molecule has 3 rings (SSSR count). The van der Waals surface area contributed by atoms with E-state index in [0.29, 0.717) is 0 Å². The first-order chi connectivity index (χ1) is 7.84. The third-order valence-electron chi connectivity index (χ3n) is 2.86. The molecule has 4 heteroatoms. The molecule has 0 spiro atoms. The predicted molar refractivity (Wildman–Crippen MR) is 60.0 cm³/mol. The van der Waals surface area contributed by atoms with E-state index in [0.717, 1.165) is 30.8 Å². The molecule has 0 unspecified atom stereocenters. The molecule has 84 valence electrons. The third-order valence-corrected chi connectivity index (χ3v) is 2.86. The van der Waals surface area contributed by atoms with Gasteiger partial charge in [-0.25, -0.2) is 0 Å². The summed E-state index contributed by atoms with van der Waals surface area (Å²) in [6.07, 6.45) is 4.56. The predicted octanol–water partition coefficient (Wildman–Crippen LogP) is 2.01. The average molecular weight is 218 g/mol. The molecule has 3 heterocycles. The van der Waals surface area contributed by atoms with Gasteiger partial charge < -0.3 is 14.0 Å². The van der Waals surface area contributed by atoms with Gasteiger partial charge in [0.2, 0.25) is 6.29 Å². The van der Waals surface area contributed by atoms with Crippen LogP contribution in [0.15, 0.2) is 24.5 Å². The van der Waals surface area contributed by atoms with Gasteiger partial charge in [0.1, 0.15) is 0 Å². The number of aryl methyl sites for hydroxylation is 1. The molecule has 0 amide bonds. The molecule has 0 bridgehead atoms. The van der Waals surface area contributed by atoms with Crippen LogP contribution in [0.1, 0.15) is 18.4 Å². The smallest absolute Gasteiger partial charge is 0.201 e. The average Bonchev–Trinajstić information content (AvgIpc) is 2.72. The van der Waals surface area contributed by atoms with Crippen LogP contribution in [0.3, 0.4) is 0 Å². The molecule has 0 aromatic carbocycles. The van der Waals surface area contributed by atoms with E-state index in [1.54, 1.807) is 0 Å². The first kappa shape index (κ1) is 9.81. The van der Waals surface area contributed by atoms with Crippen LogP contribution in [0.4, 0.5) is 0 Å². The van der Waals surface area contributed by atoms with E-state index >= 15 is 0 Å². The molecule has 1 aliphatic heterocycles. The summed E-state index contributed by atoms with van der Waals surface area (Å²) in [5.41, 5.74) is 1.98. The number of aromatic nitrogens is 2. The zero-order chi connectivity index (χ0) is 11.0. The van der Waals surface area contributed by atoms with Crippen molar-refractivity contribution in [2.24, 2.45) is 7.05 Å². The van der Waals surface area contributed by atoms with Gasteiger partial charge in [0.15, 0.2) is 0 Å². The zero-order valence-corrected chi connectivity index (χ0v) is 9.22. The van der Waals surface area contributed by atoms with Crippen molar-refractivity contribution in [2.45, 2.75) is 12.7 Å². The fraction of sp³-hybridized carbons (Fsp3) is 0.417. The van der Waals surface area contributed by atoms with Crippen molar-refractivity contribution in [2.75, 3.05) is 13.2 Å². The van der Waals surface area contributed by atoms with Crippen molar-refractivity contribution in [1.29, 1.82) is 0 Å². The van der Waals surface area contributed by atoms with E-state index in [1.807, 2.05) is 25.5 Å². The molecule has 2 aromatic rings. The monoisotopic (exact) mass is 218 g/mol. The molecular formula is C12H14N2O2. The van der Waals surface area contributed by atoms with Crippen molar-refractivity contribution in [3.8, 4) is 0 Å². The Hall–Kier alpha value is -1.39. The van der Waals surface area contributed by atoms with Gasteiger partial charge in [-0.3, -0.25) is 4.98 Å². The van der Waals surface area contributed by atoms with Gasteiger partial charge in [-0.2, -0.15) is 0 Å². The molecule has 2 aromatic heterocycles. The van der Waals surface area contributed by atoms with E-state index in [9.17, 15) is 0 Å². The number of hydrogen-bond acceptors (Lipinski definition) is 3. The van der Waals surface area contributed by atoms with Crippen LogP contribution in [0.2, 0.25) is 0 Å². The maximum Gasteiger partial charge on any atom is 0.201 e. The summed E-state index contributed by atoms with van der Waals surface area (Å²) in [5.74, 6) is 0. The quantitative estimate of drug-likeness (QED) is 0.734. The SMILES string of the molecule is Cn1ccc2cc(C3OCCCO3)ncc21. The maximum atomic E-state index is 5.53. The Morgan fingerprint density at radius 2 is 2.19 bits per heavy atom. The molecular weight excluding hydrogens is 204 g/mol. The van der Waals surface area contributed by atoms with E-state index in [1.165, 1.54) is 5.39 Å². The summed E-state index contributed by atoms with van der Waals surface area (Å²) in [5, 5.41) is 1.17. The van der Waals surface area contributed by atoms with Crippen molar-refractivity contribution in [1.82, 2.24) is 9.55 Å². The molecule has 0 radical (unpaired) electrons. The van der Waals surface area contributed by atoms with Crippen LogP contribution in [-0.2, 0) is 16.5 Å². The Morgan fingerprint density at radius 3 is 3.00 bits per heavy atom. The molecule has 0 N–H and O–H groups in total. The Morgan fingerprint density at radius 1 is 1.38 bits per heavy atom. The van der Waals surface area contributed by atoms with Gasteiger partial charge in [-0.15, -0.1) is 0 Å². The normalized spacial score (nSPS) is 18.1. The minimum Gasteiger partial charge on any atom is -0.349 e. The van der Waals surface area contributed by atoms with Crippen LogP contribution in [-0.4, -0.2) is 22.8 Å². The topological polar surface area (TPSA) is 36.3 Å². The second-order valence-electron chi connectivity index (χ2n) is 4.02. The summed E-state index contributed by atoms with van der Waals surface area (Å²) in [6, 6.07) is 4.11. The van der Waals surface area contributed by atoms with E-state index in [2.05, 4.69) is 15.6 Å². The minimum absolute atomic E-state index is 0.293. The fourth-order valence-corrected chi connectivity index (χ4v) is 1.97. The Balaban J connectivity index is 1.97. The lowest BCUT2D eigenvalue weighted by Gasteiger charge is -2.22. The second-order valence-corrected chi connectivity index (χ2v) is 4.02. The number of ether oxygens (including phenoxy) is 2. The van der Waals surface area contributed by atoms with Gasteiger partial charge in [-0.05, 0) is 18.6 Å². The van der Waals surface area contributed by atoms with Crippen LogP contribution in [0, 0.1) is 0 Å². The largest absolute Gasteiger partial charge is 0.349 e. The van der Waals surface area contributed by atoms with Crippen molar-refractivity contribution in [3.63, 3.8) is 0 Å². The molecule has 1 saturated heterocycles. The van der Waals surface area contributed by atoms with E-state index in [-0.39, 0.29) is 6.29 Å². The number of nitrogens with zero attached hydrogens (tertiary/aromatic N) is 2. The minimum atomic E-state index is -0.293. The van der Waals surface area contributed by atoms with Gasteiger partial charge >= 0.3 is 0 Å². The van der Waals surface area contributed by atoms with E-state index < -0.39 is 0 Å². The van der Waals surface area contributed by atoms with E-state index in [4.69, 9.17) is 9.47 Å². The molecule has 0 aliphatic carbocycles. The molecule has 4 nitrogen and oxygen atoms in total. The van der Waals surface area contributed by atoms with Crippen LogP contribution in [0.5, 0.6) is 0 Å². The first-order valence-electron chi connectivity index (χ1n) is 5.49.